The van der Waals surface area contributed by atoms with Crippen LogP contribution in [0.2, 0.25) is 0 Å². The molecule has 0 aromatic heterocycles. The second kappa shape index (κ2) is 8.61. The molecule has 0 amide bonds. The van der Waals surface area contributed by atoms with Crippen LogP contribution in [0.15, 0.2) is 24.3 Å². The summed E-state index contributed by atoms with van der Waals surface area (Å²) in [6.45, 7) is 7.70. The van der Waals surface area contributed by atoms with Crippen molar-refractivity contribution in [1.82, 2.24) is 10.2 Å². The van der Waals surface area contributed by atoms with Crippen molar-refractivity contribution >= 4 is 0 Å². The van der Waals surface area contributed by atoms with Crippen LogP contribution in [0.4, 0.5) is 4.39 Å². The minimum absolute atomic E-state index is 0.256. The third kappa shape index (κ3) is 5.67. The molecule has 0 aliphatic carbocycles. The molecule has 1 aromatic rings. The molecule has 0 bridgehead atoms. The van der Waals surface area contributed by atoms with Crippen molar-refractivity contribution in [3.05, 3.63) is 35.6 Å². The van der Waals surface area contributed by atoms with E-state index in [9.17, 15) is 9.50 Å². The van der Waals surface area contributed by atoms with Crippen molar-refractivity contribution in [2.75, 3.05) is 19.6 Å². The number of aliphatic hydroxyl groups excluding tert-OH is 1. The molecule has 1 aliphatic heterocycles. The van der Waals surface area contributed by atoms with Crippen molar-refractivity contribution in [3.8, 4) is 0 Å². The number of benzene rings is 1. The van der Waals surface area contributed by atoms with E-state index in [1.54, 1.807) is 12.1 Å². The minimum Gasteiger partial charge on any atom is -0.388 e. The number of halogens is 1. The van der Waals surface area contributed by atoms with E-state index in [0.717, 1.165) is 38.0 Å². The van der Waals surface area contributed by atoms with E-state index in [0.29, 0.717) is 12.1 Å². The molecule has 1 unspecified atom stereocenters. The van der Waals surface area contributed by atoms with Gasteiger partial charge < -0.3 is 15.3 Å². The summed E-state index contributed by atoms with van der Waals surface area (Å²) in [5.41, 5.74) is 0.807. The van der Waals surface area contributed by atoms with E-state index in [-0.39, 0.29) is 5.82 Å². The Balaban J connectivity index is 1.64. The molecule has 22 heavy (non-hydrogen) atoms. The van der Waals surface area contributed by atoms with Crippen LogP contribution in [-0.4, -0.2) is 41.7 Å². The zero-order valence-electron chi connectivity index (χ0n) is 13.8. The van der Waals surface area contributed by atoms with Crippen LogP contribution in [0.3, 0.4) is 0 Å². The summed E-state index contributed by atoms with van der Waals surface area (Å²) in [6, 6.07) is 7.37. The highest BCUT2D eigenvalue weighted by atomic mass is 19.1. The fraction of sp³-hybridized carbons (Fsp3) is 0.667. The normalized spacial score (nSPS) is 18.8. The van der Waals surface area contributed by atoms with Crippen LogP contribution in [0.1, 0.15) is 51.2 Å². The average Bonchev–Trinajstić information content (AvgIpc) is 2.49. The van der Waals surface area contributed by atoms with Crippen LogP contribution < -0.4 is 5.32 Å². The Kier molecular flexibility index (Phi) is 6.80. The van der Waals surface area contributed by atoms with E-state index in [4.69, 9.17) is 0 Å². The Morgan fingerprint density at radius 2 is 1.86 bits per heavy atom. The van der Waals surface area contributed by atoms with Gasteiger partial charge >= 0.3 is 0 Å². The Labute approximate surface area is 133 Å². The van der Waals surface area contributed by atoms with Gasteiger partial charge in [0, 0.05) is 12.1 Å². The summed E-state index contributed by atoms with van der Waals surface area (Å²) in [7, 11) is 0. The number of hydrogen-bond acceptors (Lipinski definition) is 3. The molecule has 1 saturated heterocycles. The standard InChI is InChI=1S/C18H29FN2O/c1-14(2)20-17-9-12-21(13-10-17)11-3-4-18(22)15-5-7-16(19)8-6-15/h5-8,14,17-18,20,22H,3-4,9-13H2,1-2H3. The number of nitrogens with one attached hydrogen (secondary N) is 1. The van der Waals surface area contributed by atoms with Crippen LogP contribution in [0.5, 0.6) is 0 Å². The number of hydrogen-bond donors (Lipinski definition) is 2. The van der Waals surface area contributed by atoms with Gasteiger partial charge in [0.1, 0.15) is 5.82 Å². The summed E-state index contributed by atoms with van der Waals surface area (Å²) >= 11 is 0. The Morgan fingerprint density at radius 1 is 1.23 bits per heavy atom. The summed E-state index contributed by atoms with van der Waals surface area (Å²) in [4.78, 5) is 2.48. The number of piperidine rings is 1. The van der Waals surface area contributed by atoms with Crippen LogP contribution in [0.25, 0.3) is 0 Å². The first-order valence-corrected chi connectivity index (χ1v) is 8.46. The fourth-order valence-corrected chi connectivity index (χ4v) is 3.15. The van der Waals surface area contributed by atoms with Crippen molar-refractivity contribution in [3.63, 3.8) is 0 Å². The van der Waals surface area contributed by atoms with Crippen molar-refractivity contribution in [1.29, 1.82) is 0 Å². The van der Waals surface area contributed by atoms with Gasteiger partial charge in [-0.3, -0.25) is 0 Å². The molecule has 1 fully saturated rings. The second-order valence-corrected chi connectivity index (χ2v) is 6.65. The van der Waals surface area contributed by atoms with Gasteiger partial charge in [0.2, 0.25) is 0 Å². The highest BCUT2D eigenvalue weighted by molar-refractivity contribution is 5.18. The quantitative estimate of drug-likeness (QED) is 0.812. The molecule has 1 aliphatic rings. The third-order valence-corrected chi connectivity index (χ3v) is 4.36. The number of nitrogens with zero attached hydrogens (tertiary/aromatic N) is 1. The molecule has 0 saturated carbocycles. The molecule has 1 aromatic carbocycles. The maximum atomic E-state index is 12.9. The molecule has 1 atom stereocenters. The molecule has 1 heterocycles. The fourth-order valence-electron chi connectivity index (χ4n) is 3.15. The number of aliphatic hydroxyl groups is 1. The molecule has 0 spiro atoms. The average molecular weight is 308 g/mol. The molecule has 3 nitrogen and oxygen atoms in total. The van der Waals surface area contributed by atoms with Gasteiger partial charge in [0.25, 0.3) is 0 Å². The first-order valence-electron chi connectivity index (χ1n) is 8.46. The number of likely N-dealkylation sites (tertiary alicyclic amines) is 1. The van der Waals surface area contributed by atoms with E-state index in [1.165, 1.54) is 25.0 Å². The predicted octanol–water partition coefficient (Wildman–Crippen LogP) is 3.10. The van der Waals surface area contributed by atoms with Gasteiger partial charge in [-0.2, -0.15) is 0 Å². The topological polar surface area (TPSA) is 35.5 Å². The lowest BCUT2D eigenvalue weighted by molar-refractivity contribution is 0.145. The van der Waals surface area contributed by atoms with Crippen LogP contribution in [0, 0.1) is 5.82 Å². The Morgan fingerprint density at radius 3 is 2.45 bits per heavy atom. The van der Waals surface area contributed by atoms with Crippen molar-refractivity contribution in [2.24, 2.45) is 0 Å². The SMILES string of the molecule is CC(C)NC1CCN(CCCC(O)c2ccc(F)cc2)CC1. The van der Waals surface area contributed by atoms with Gasteiger partial charge in [-0.05, 0) is 63.0 Å². The molecule has 0 radical (unpaired) electrons. The molecule has 4 heteroatoms. The first-order chi connectivity index (χ1) is 10.5. The lowest BCUT2D eigenvalue weighted by Gasteiger charge is -2.33. The smallest absolute Gasteiger partial charge is 0.123 e. The molecule has 2 N–H and O–H groups in total. The zero-order chi connectivity index (χ0) is 15.9. The van der Waals surface area contributed by atoms with Crippen molar-refractivity contribution < 1.29 is 9.50 Å². The van der Waals surface area contributed by atoms with Crippen LogP contribution in [-0.2, 0) is 0 Å². The monoisotopic (exact) mass is 308 g/mol. The van der Waals surface area contributed by atoms with Crippen molar-refractivity contribution in [2.45, 2.75) is 57.7 Å². The summed E-state index contributed by atoms with van der Waals surface area (Å²) < 4.78 is 12.9. The van der Waals surface area contributed by atoms with Crippen LogP contribution >= 0.6 is 0 Å². The maximum Gasteiger partial charge on any atom is 0.123 e. The second-order valence-electron chi connectivity index (χ2n) is 6.65. The third-order valence-electron chi connectivity index (χ3n) is 4.36. The Hall–Kier alpha value is -0.970. The first kappa shape index (κ1) is 17.4. The van der Waals surface area contributed by atoms with Gasteiger partial charge in [-0.1, -0.05) is 26.0 Å². The lowest BCUT2D eigenvalue weighted by atomic mass is 10.0. The molecular formula is C18H29FN2O. The highest BCUT2D eigenvalue weighted by Crippen LogP contribution is 2.19. The molecule has 2 rings (SSSR count). The summed E-state index contributed by atoms with van der Waals surface area (Å²) in [5.74, 6) is -0.256. The molecule has 124 valence electrons. The van der Waals surface area contributed by atoms with Gasteiger partial charge in [0.05, 0.1) is 6.10 Å². The van der Waals surface area contributed by atoms with E-state index < -0.39 is 6.10 Å². The number of rotatable bonds is 7. The molecular weight excluding hydrogens is 279 g/mol. The largest absolute Gasteiger partial charge is 0.388 e. The zero-order valence-corrected chi connectivity index (χ0v) is 13.8. The predicted molar refractivity (Wildman–Crippen MR) is 88.3 cm³/mol. The minimum atomic E-state index is -0.485. The van der Waals surface area contributed by atoms with Gasteiger partial charge in [-0.15, -0.1) is 0 Å². The van der Waals surface area contributed by atoms with E-state index in [2.05, 4.69) is 24.1 Å². The summed E-state index contributed by atoms with van der Waals surface area (Å²) in [5, 5.41) is 13.7. The Bertz CT molecular complexity index is 427. The van der Waals surface area contributed by atoms with E-state index >= 15 is 0 Å². The maximum absolute atomic E-state index is 12.9. The summed E-state index contributed by atoms with van der Waals surface area (Å²) in [6.07, 6.45) is 3.63. The highest BCUT2D eigenvalue weighted by Gasteiger charge is 2.19. The lowest BCUT2D eigenvalue weighted by Crippen LogP contribution is -2.44. The van der Waals surface area contributed by atoms with Gasteiger partial charge in [0.15, 0.2) is 0 Å². The van der Waals surface area contributed by atoms with Gasteiger partial charge in [-0.25, -0.2) is 4.39 Å². The van der Waals surface area contributed by atoms with E-state index in [1.807, 2.05) is 0 Å².